The molecular formula is C18H20ClF3N4O2S. The fourth-order valence-electron chi connectivity index (χ4n) is 2.20. The second-order valence-electron chi connectivity index (χ2n) is 5.57. The second-order valence-corrected chi connectivity index (χ2v) is 7.08. The molecule has 0 aliphatic heterocycles. The first-order valence-corrected chi connectivity index (χ1v) is 9.92. The number of rotatable bonds is 9. The van der Waals surface area contributed by atoms with Crippen molar-refractivity contribution in [1.82, 2.24) is 9.78 Å². The number of hydrogen-bond donors (Lipinski definition) is 0. The van der Waals surface area contributed by atoms with Crippen molar-refractivity contribution < 1.29 is 22.8 Å². The molecule has 1 aromatic heterocycles. The summed E-state index contributed by atoms with van der Waals surface area (Å²) >= 11 is 6.73. The predicted molar refractivity (Wildman–Crippen MR) is 110 cm³/mol. The highest BCUT2D eigenvalue weighted by Crippen LogP contribution is 2.27. The maximum absolute atomic E-state index is 12.5. The lowest BCUT2D eigenvalue weighted by atomic mass is 10.3. The first kappa shape index (κ1) is 24.8. The van der Waals surface area contributed by atoms with E-state index >= 15 is 0 Å². The number of anilines is 1. The topological polar surface area (TPSA) is 67.6 Å². The number of halogens is 4. The molecule has 0 radical (unpaired) electrons. The first-order chi connectivity index (χ1) is 13.6. The van der Waals surface area contributed by atoms with Gasteiger partial charge < -0.3 is 4.90 Å². The Balaban J connectivity index is 2.77. The second kappa shape index (κ2) is 11.7. The fourth-order valence-corrected chi connectivity index (χ4v) is 3.24. The van der Waals surface area contributed by atoms with Gasteiger partial charge in [-0.25, -0.2) is 9.67 Å². The number of carbonyl (C=O) groups is 2. The standard InChI is InChI=1S/C18H20ClF3N4O2S/c1-4-13(11-23-5-2)26-12-14(17(19)24-26)25(6-3)15(27)7-8-16(28)29-10-9-18(20,21)22/h2,4,11-12H,6-10H2,1,3H3/b13-4+,23-11?. The lowest BCUT2D eigenvalue weighted by molar-refractivity contribution is -0.129. The Labute approximate surface area is 176 Å². The number of hydrogen-bond acceptors (Lipinski definition) is 5. The summed E-state index contributed by atoms with van der Waals surface area (Å²) in [6.45, 7) is 3.74. The molecule has 29 heavy (non-hydrogen) atoms. The van der Waals surface area contributed by atoms with Crippen LogP contribution in [0.15, 0.2) is 17.3 Å². The minimum atomic E-state index is -4.31. The molecule has 0 aliphatic rings. The normalized spacial score (nSPS) is 12.2. The van der Waals surface area contributed by atoms with E-state index in [1.165, 1.54) is 22.0 Å². The number of aliphatic imine (C=N–C) groups is 1. The molecule has 11 heteroatoms. The van der Waals surface area contributed by atoms with Crippen LogP contribution in [0.5, 0.6) is 0 Å². The zero-order valence-corrected chi connectivity index (χ0v) is 17.4. The minimum Gasteiger partial charge on any atom is -0.308 e. The Morgan fingerprint density at radius 3 is 2.69 bits per heavy atom. The van der Waals surface area contributed by atoms with Gasteiger partial charge in [-0.3, -0.25) is 9.59 Å². The number of thioether (sulfide) groups is 1. The predicted octanol–water partition coefficient (Wildman–Crippen LogP) is 4.40. The molecule has 0 spiro atoms. The largest absolute Gasteiger partial charge is 0.389 e. The van der Waals surface area contributed by atoms with Gasteiger partial charge in [0.05, 0.1) is 24.5 Å². The minimum absolute atomic E-state index is 0.0690. The average Bonchev–Trinajstić information content (AvgIpc) is 3.01. The highest BCUT2D eigenvalue weighted by Gasteiger charge is 2.27. The summed E-state index contributed by atoms with van der Waals surface area (Å²) in [5, 5.41) is 3.73. The quantitative estimate of drug-likeness (QED) is 0.414. The van der Waals surface area contributed by atoms with Crippen LogP contribution >= 0.6 is 23.4 Å². The van der Waals surface area contributed by atoms with Crippen molar-refractivity contribution in [3.8, 4) is 12.5 Å². The summed E-state index contributed by atoms with van der Waals surface area (Å²) in [5.74, 6) is -0.754. The maximum Gasteiger partial charge on any atom is 0.389 e. The number of amides is 1. The fraction of sp³-hybridized carbons (Fsp3) is 0.444. The van der Waals surface area contributed by atoms with Crippen molar-refractivity contribution in [2.24, 2.45) is 4.99 Å². The van der Waals surface area contributed by atoms with E-state index in [1.807, 2.05) is 0 Å². The Hall–Kier alpha value is -2.25. The molecule has 0 aliphatic carbocycles. The zero-order chi connectivity index (χ0) is 22.0. The summed E-state index contributed by atoms with van der Waals surface area (Å²) in [6.07, 6.45) is 4.05. The van der Waals surface area contributed by atoms with Crippen LogP contribution in [0.25, 0.3) is 5.70 Å². The number of aromatic nitrogens is 2. The van der Waals surface area contributed by atoms with E-state index in [4.69, 9.17) is 18.0 Å². The molecule has 0 N–H and O–H groups in total. The van der Waals surface area contributed by atoms with Crippen LogP contribution in [0.4, 0.5) is 18.9 Å². The summed E-state index contributed by atoms with van der Waals surface area (Å²) in [5.41, 5.74) is 0.876. The Morgan fingerprint density at radius 1 is 1.45 bits per heavy atom. The molecule has 0 aromatic carbocycles. The van der Waals surface area contributed by atoms with Crippen LogP contribution in [0.2, 0.25) is 5.15 Å². The maximum atomic E-state index is 12.5. The van der Waals surface area contributed by atoms with Gasteiger partial charge in [-0.15, -0.1) is 0 Å². The smallest absolute Gasteiger partial charge is 0.308 e. The van der Waals surface area contributed by atoms with E-state index in [0.29, 0.717) is 23.1 Å². The van der Waals surface area contributed by atoms with Crippen LogP contribution in [-0.2, 0) is 9.59 Å². The van der Waals surface area contributed by atoms with Crippen LogP contribution in [0.1, 0.15) is 33.1 Å². The lowest BCUT2D eigenvalue weighted by Crippen LogP contribution is -2.30. The van der Waals surface area contributed by atoms with Gasteiger partial charge in [0.2, 0.25) is 5.91 Å². The summed E-state index contributed by atoms with van der Waals surface area (Å²) in [4.78, 5) is 29.3. The van der Waals surface area contributed by atoms with Gasteiger partial charge in [0.15, 0.2) is 10.3 Å². The highest BCUT2D eigenvalue weighted by molar-refractivity contribution is 8.13. The Kier molecular flexibility index (Phi) is 9.98. The lowest BCUT2D eigenvalue weighted by Gasteiger charge is -2.19. The van der Waals surface area contributed by atoms with Gasteiger partial charge in [0.1, 0.15) is 5.69 Å². The molecule has 1 amide bonds. The average molecular weight is 449 g/mol. The summed E-state index contributed by atoms with van der Waals surface area (Å²) in [6, 6.07) is 2.12. The van der Waals surface area contributed by atoms with E-state index < -0.39 is 23.6 Å². The number of carbonyl (C=O) groups excluding carboxylic acids is 2. The number of alkyl halides is 3. The molecule has 0 bridgehead atoms. The third kappa shape index (κ3) is 8.33. The molecule has 158 valence electrons. The van der Waals surface area contributed by atoms with Crippen molar-refractivity contribution in [3.05, 3.63) is 17.4 Å². The van der Waals surface area contributed by atoms with Crippen molar-refractivity contribution in [2.45, 2.75) is 39.3 Å². The van der Waals surface area contributed by atoms with Gasteiger partial charge in [-0.05, 0) is 13.8 Å². The Morgan fingerprint density at radius 2 is 2.14 bits per heavy atom. The van der Waals surface area contributed by atoms with Gasteiger partial charge in [-0.2, -0.15) is 18.3 Å². The third-order valence-corrected chi connectivity index (χ3v) is 4.79. The van der Waals surface area contributed by atoms with Crippen molar-refractivity contribution in [3.63, 3.8) is 0 Å². The number of allylic oxidation sites excluding steroid dienone is 2. The molecule has 0 saturated carbocycles. The molecule has 0 atom stereocenters. The van der Waals surface area contributed by atoms with Gasteiger partial charge >= 0.3 is 6.18 Å². The first-order valence-electron chi connectivity index (χ1n) is 8.56. The van der Waals surface area contributed by atoms with E-state index in [2.05, 4.69) is 16.1 Å². The van der Waals surface area contributed by atoms with Crippen LogP contribution < -0.4 is 4.90 Å². The van der Waals surface area contributed by atoms with Crippen molar-refractivity contribution in [2.75, 3.05) is 17.2 Å². The van der Waals surface area contributed by atoms with Gasteiger partial charge in [0, 0.05) is 31.2 Å². The van der Waals surface area contributed by atoms with Crippen molar-refractivity contribution >= 4 is 52.0 Å². The third-order valence-electron chi connectivity index (χ3n) is 3.58. The van der Waals surface area contributed by atoms with Crippen LogP contribution in [0.3, 0.4) is 0 Å². The highest BCUT2D eigenvalue weighted by atomic mass is 35.5. The molecule has 1 heterocycles. The zero-order valence-electron chi connectivity index (χ0n) is 15.9. The van der Waals surface area contributed by atoms with Crippen LogP contribution in [-0.4, -0.2) is 45.5 Å². The molecule has 6 nitrogen and oxygen atoms in total. The molecular weight excluding hydrogens is 429 g/mol. The van der Waals surface area contributed by atoms with E-state index in [-0.39, 0.29) is 30.3 Å². The van der Waals surface area contributed by atoms with Crippen LogP contribution in [0, 0.1) is 12.5 Å². The molecule has 0 unspecified atom stereocenters. The summed E-state index contributed by atoms with van der Waals surface area (Å²) < 4.78 is 37.8. The molecule has 0 saturated heterocycles. The van der Waals surface area contributed by atoms with Gasteiger partial charge in [0.25, 0.3) is 0 Å². The van der Waals surface area contributed by atoms with E-state index in [0.717, 1.165) is 0 Å². The van der Waals surface area contributed by atoms with E-state index in [9.17, 15) is 22.8 Å². The monoisotopic (exact) mass is 448 g/mol. The van der Waals surface area contributed by atoms with E-state index in [1.54, 1.807) is 19.9 Å². The number of terminal acetylenes is 1. The molecule has 0 fully saturated rings. The Bertz CT molecular complexity index is 828. The SMILES string of the molecule is C#CN=C/C(=C\C)n1cc(N(CC)C(=O)CCC(=O)SCCC(F)(F)F)c(Cl)n1. The number of nitrogens with zero attached hydrogens (tertiary/aromatic N) is 4. The molecule has 1 rings (SSSR count). The molecule has 1 aromatic rings. The van der Waals surface area contributed by atoms with Gasteiger partial charge in [-0.1, -0.05) is 35.9 Å². The summed E-state index contributed by atoms with van der Waals surface area (Å²) in [7, 11) is 0. The van der Waals surface area contributed by atoms with Crippen molar-refractivity contribution in [1.29, 1.82) is 0 Å².